The predicted octanol–water partition coefficient (Wildman–Crippen LogP) is 5.13. The zero-order valence-electron chi connectivity index (χ0n) is 22.4. The van der Waals surface area contributed by atoms with Crippen molar-refractivity contribution in [3.63, 3.8) is 0 Å². The van der Waals surface area contributed by atoms with Crippen molar-refractivity contribution in [1.29, 1.82) is 0 Å². The third-order valence-corrected chi connectivity index (χ3v) is 6.48. The second kappa shape index (κ2) is 13.5. The van der Waals surface area contributed by atoms with E-state index >= 15 is 0 Å². The molecule has 3 aromatic carbocycles. The van der Waals surface area contributed by atoms with Crippen LogP contribution in [0.4, 0.5) is 0 Å². The minimum Gasteiger partial charge on any atom is -0.504 e. The number of allylic oxidation sites excluding steroid dienone is 2. The molecular formula is C31H28ClN3O6. The quantitative estimate of drug-likeness (QED) is 0.135. The maximum Gasteiger partial charge on any atom is 0.166 e. The van der Waals surface area contributed by atoms with Crippen molar-refractivity contribution in [2.24, 2.45) is 5.92 Å². The molecule has 9 nitrogen and oxygen atoms in total. The molecule has 4 aromatic rings. The van der Waals surface area contributed by atoms with Crippen LogP contribution in [-0.4, -0.2) is 51.0 Å². The molecule has 0 spiro atoms. The van der Waals surface area contributed by atoms with Gasteiger partial charge in [0.15, 0.2) is 34.6 Å². The predicted molar refractivity (Wildman–Crippen MR) is 155 cm³/mol. The number of ketones is 2. The minimum atomic E-state index is -1.07. The fraction of sp³-hybridized carbons (Fsp3) is 0.161. The molecule has 0 aliphatic heterocycles. The highest BCUT2D eigenvalue weighted by molar-refractivity contribution is 6.30. The van der Waals surface area contributed by atoms with Crippen LogP contribution in [-0.2, 0) is 22.6 Å². The molecule has 1 aromatic heterocycles. The molecule has 0 radical (unpaired) electrons. The lowest BCUT2D eigenvalue weighted by Gasteiger charge is -2.09. The summed E-state index contributed by atoms with van der Waals surface area (Å²) >= 11 is 5.96. The van der Waals surface area contributed by atoms with E-state index in [2.05, 4.69) is 10.3 Å². The van der Waals surface area contributed by atoms with Crippen LogP contribution in [0.25, 0.3) is 12.2 Å². The number of hydrogen-bond donors (Lipinski definition) is 2. The molecule has 0 aliphatic carbocycles. The van der Waals surface area contributed by atoms with Gasteiger partial charge in [-0.25, -0.2) is 4.68 Å². The van der Waals surface area contributed by atoms with Crippen molar-refractivity contribution in [2.75, 3.05) is 14.2 Å². The zero-order valence-corrected chi connectivity index (χ0v) is 23.2. The number of rotatable bonds is 12. The van der Waals surface area contributed by atoms with Gasteiger partial charge in [-0.3, -0.25) is 9.59 Å². The Morgan fingerprint density at radius 3 is 1.93 bits per heavy atom. The van der Waals surface area contributed by atoms with Crippen molar-refractivity contribution in [1.82, 2.24) is 15.0 Å². The first-order valence-corrected chi connectivity index (χ1v) is 12.9. The number of ether oxygens (including phenoxy) is 2. The van der Waals surface area contributed by atoms with E-state index in [0.29, 0.717) is 28.4 Å². The third-order valence-electron chi connectivity index (χ3n) is 6.23. The Bertz CT molecular complexity index is 1520. The molecule has 0 aliphatic rings. The Labute approximate surface area is 241 Å². The molecular weight excluding hydrogens is 551 g/mol. The van der Waals surface area contributed by atoms with Gasteiger partial charge in [0.25, 0.3) is 0 Å². The van der Waals surface area contributed by atoms with Gasteiger partial charge >= 0.3 is 0 Å². The van der Waals surface area contributed by atoms with Crippen LogP contribution in [0.1, 0.15) is 22.4 Å². The van der Waals surface area contributed by atoms with E-state index in [1.54, 1.807) is 59.4 Å². The zero-order chi connectivity index (χ0) is 29.4. The molecule has 0 unspecified atom stereocenters. The van der Waals surface area contributed by atoms with Crippen LogP contribution in [0.15, 0.2) is 79.0 Å². The van der Waals surface area contributed by atoms with Crippen molar-refractivity contribution in [3.05, 3.63) is 106 Å². The summed E-state index contributed by atoms with van der Waals surface area (Å²) in [6, 6.07) is 16.7. The molecule has 2 N–H and O–H groups in total. The standard InChI is InChI=1S/C31H28ClN3O6/c1-40-30-15-20(7-13-28(30)38)5-11-26(36)25(27(37)12-6-21-8-14-29(39)31(16-21)41-2)17-24-19-35(34-33-24)18-22-3-9-23(32)10-4-22/h3-16,19,25,38-39H,17-18H2,1-2H3/b11-5+,12-6+/i11+1,12+1,25+1,26+1,27+1. The average Bonchev–Trinajstić information content (AvgIpc) is 3.42. The van der Waals surface area contributed by atoms with Gasteiger partial charge in [0.1, 0.15) is 0 Å². The van der Waals surface area contributed by atoms with Crippen molar-refractivity contribution < 1.29 is 29.3 Å². The number of halogens is 1. The van der Waals surface area contributed by atoms with Crippen molar-refractivity contribution in [3.8, 4) is 23.0 Å². The van der Waals surface area contributed by atoms with E-state index in [4.69, 9.17) is 21.1 Å². The van der Waals surface area contributed by atoms with Crippen molar-refractivity contribution >= 4 is 35.3 Å². The smallest absolute Gasteiger partial charge is 0.166 e. The Balaban J connectivity index is 1.56. The van der Waals surface area contributed by atoms with Gasteiger partial charge in [-0.1, -0.05) is 53.2 Å². The average molecular weight is 579 g/mol. The number of carbonyl (C=O) groups excluding carboxylic acids is 2. The van der Waals surface area contributed by atoms with Gasteiger partial charge in [-0.05, 0) is 65.2 Å². The first-order valence-electron chi connectivity index (χ1n) is 12.6. The van der Waals surface area contributed by atoms with E-state index in [9.17, 15) is 19.8 Å². The fourth-order valence-corrected chi connectivity index (χ4v) is 4.15. The SMILES string of the molecule is COc1cc(/C=[13CH]/[13C](=O)[13CH](Cc2cn(Cc3ccc(Cl)cc3)nn2)[13C](=O)/[13CH]=C/c2ccc(O)c(OC)c2)ccc1O. The number of methoxy groups -OCH3 is 2. The number of aromatic hydroxyl groups is 2. The summed E-state index contributed by atoms with van der Waals surface area (Å²) in [6.45, 7) is 0.446. The Kier molecular flexibility index (Phi) is 9.55. The summed E-state index contributed by atoms with van der Waals surface area (Å²) < 4.78 is 11.9. The molecule has 0 fully saturated rings. The summed E-state index contributed by atoms with van der Waals surface area (Å²) in [5.41, 5.74) is 2.67. The number of aromatic nitrogens is 3. The molecule has 0 saturated carbocycles. The first kappa shape index (κ1) is 29.1. The number of nitrogens with zero attached hydrogens (tertiary/aromatic N) is 3. The lowest BCUT2D eigenvalue weighted by molar-refractivity contribution is -0.127. The van der Waals surface area contributed by atoms with Crippen LogP contribution < -0.4 is 9.47 Å². The summed E-state index contributed by atoms with van der Waals surface area (Å²) in [5.74, 6) is -1.46. The maximum absolute atomic E-state index is 13.3. The van der Waals surface area contributed by atoms with E-state index in [-0.39, 0.29) is 29.4 Å². The topological polar surface area (TPSA) is 124 Å². The lowest BCUT2D eigenvalue weighted by atomic mass is 10.2. The monoisotopic (exact) mass is 578 g/mol. The Hall–Kier alpha value is -4.89. The molecule has 4 rings (SSSR count). The second-order valence-corrected chi connectivity index (χ2v) is 9.56. The van der Waals surface area contributed by atoms with Crippen LogP contribution in [0.3, 0.4) is 0 Å². The molecule has 10 heteroatoms. The summed E-state index contributed by atoms with van der Waals surface area (Å²) in [7, 11) is 2.86. The Morgan fingerprint density at radius 1 is 0.878 bits per heavy atom. The highest BCUT2D eigenvalue weighted by Gasteiger charge is 2.25. The van der Waals surface area contributed by atoms with Gasteiger partial charge in [0.2, 0.25) is 0 Å². The van der Waals surface area contributed by atoms with Gasteiger partial charge in [-0.2, -0.15) is 0 Å². The van der Waals surface area contributed by atoms with Gasteiger partial charge in [0, 0.05) is 17.6 Å². The van der Waals surface area contributed by atoms with E-state index < -0.39 is 17.5 Å². The Morgan fingerprint density at radius 2 is 1.41 bits per heavy atom. The number of phenolic OH excluding ortho intramolecular Hbond substituents is 2. The van der Waals surface area contributed by atoms with Crippen LogP contribution >= 0.6 is 11.6 Å². The largest absolute Gasteiger partial charge is 0.504 e. The molecule has 0 atom stereocenters. The molecule has 1 heterocycles. The molecule has 41 heavy (non-hydrogen) atoms. The lowest BCUT2D eigenvalue weighted by Crippen LogP contribution is -2.23. The van der Waals surface area contributed by atoms with Gasteiger partial charge < -0.3 is 19.7 Å². The number of benzene rings is 3. The third kappa shape index (κ3) is 7.83. The fourth-order valence-electron chi connectivity index (χ4n) is 4.02. The highest BCUT2D eigenvalue weighted by Crippen LogP contribution is 2.28. The van der Waals surface area contributed by atoms with Crippen molar-refractivity contribution in [2.45, 2.75) is 13.0 Å². The molecule has 0 saturated heterocycles. The van der Waals surface area contributed by atoms with Crippen LogP contribution in [0.5, 0.6) is 23.0 Å². The number of phenols is 2. The molecule has 0 amide bonds. The maximum atomic E-state index is 13.3. The molecule has 210 valence electrons. The van der Waals surface area contributed by atoms with Gasteiger partial charge in [0.05, 0.1) is 32.4 Å². The normalized spacial score (nSPS) is 11.4. The summed E-state index contributed by atoms with van der Waals surface area (Å²) in [5, 5.41) is 28.6. The van der Waals surface area contributed by atoms with Gasteiger partial charge in [-0.15, -0.1) is 5.10 Å². The van der Waals surface area contributed by atoms with E-state index in [0.717, 1.165) is 5.56 Å². The minimum absolute atomic E-state index is 0.0262. The van der Waals surface area contributed by atoms with Crippen LogP contribution in [0, 0.1) is 5.92 Å². The number of hydrogen-bond acceptors (Lipinski definition) is 8. The van der Waals surface area contributed by atoms with E-state index in [1.165, 1.54) is 38.5 Å². The number of carbonyl (C=O) groups is 2. The molecule has 0 bridgehead atoms. The second-order valence-electron chi connectivity index (χ2n) is 9.12. The summed E-state index contributed by atoms with van der Waals surface area (Å²) in [4.78, 5) is 26.7. The first-order chi connectivity index (χ1) is 19.7. The van der Waals surface area contributed by atoms with E-state index in [1.807, 2.05) is 12.1 Å². The summed E-state index contributed by atoms with van der Waals surface area (Å²) in [6.07, 6.45) is 7.48. The highest BCUT2D eigenvalue weighted by atomic mass is 35.5. The van der Waals surface area contributed by atoms with Crippen LogP contribution in [0.2, 0.25) is 5.02 Å².